The molecule has 1 aromatic heterocycles. The topological polar surface area (TPSA) is 17.8 Å². The average Bonchev–Trinajstić information content (AvgIpc) is 2.73. The van der Waals surface area contributed by atoms with Crippen LogP contribution in [0, 0.1) is 11.7 Å². The minimum atomic E-state index is -0.231. The molecule has 0 saturated heterocycles. The second kappa shape index (κ2) is 5.91. The largest absolute Gasteiger partial charge is 0.324 e. The van der Waals surface area contributed by atoms with Crippen molar-refractivity contribution in [1.82, 2.24) is 9.55 Å². The van der Waals surface area contributed by atoms with Crippen LogP contribution in [0.15, 0.2) is 18.2 Å². The normalized spacial score (nSPS) is 13.4. The highest BCUT2D eigenvalue weighted by Crippen LogP contribution is 2.26. The Hall–Kier alpha value is -1.09. The summed E-state index contributed by atoms with van der Waals surface area (Å²) in [5.41, 5.74) is 1.65. The van der Waals surface area contributed by atoms with Crippen molar-refractivity contribution in [2.75, 3.05) is 0 Å². The maximum absolute atomic E-state index is 13.4. The van der Waals surface area contributed by atoms with Crippen molar-refractivity contribution >= 4 is 22.6 Å². The van der Waals surface area contributed by atoms with Crippen molar-refractivity contribution in [1.29, 1.82) is 0 Å². The molecule has 0 N–H and O–H groups in total. The smallest absolute Gasteiger partial charge is 0.125 e. The molecule has 0 fully saturated rings. The molecule has 2 rings (SSSR count). The first-order valence-corrected chi connectivity index (χ1v) is 7.28. The fraction of sp³-hybridized carbons (Fsp3) is 0.533. The van der Waals surface area contributed by atoms with Gasteiger partial charge in [0.15, 0.2) is 0 Å². The van der Waals surface area contributed by atoms with Gasteiger partial charge in [-0.3, -0.25) is 0 Å². The van der Waals surface area contributed by atoms with Crippen molar-refractivity contribution < 1.29 is 4.39 Å². The molecule has 2 nitrogen and oxygen atoms in total. The van der Waals surface area contributed by atoms with Gasteiger partial charge in [0.2, 0.25) is 0 Å². The molecule has 0 bridgehead atoms. The van der Waals surface area contributed by atoms with E-state index in [2.05, 4.69) is 30.3 Å². The van der Waals surface area contributed by atoms with E-state index in [0.29, 0.717) is 11.8 Å². The Morgan fingerprint density at radius 2 is 2.00 bits per heavy atom. The molecule has 1 unspecified atom stereocenters. The van der Waals surface area contributed by atoms with Gasteiger partial charge in [-0.15, -0.1) is 11.6 Å². The molecule has 1 heterocycles. The number of rotatable bonds is 5. The first kappa shape index (κ1) is 14.3. The van der Waals surface area contributed by atoms with E-state index < -0.39 is 0 Å². The van der Waals surface area contributed by atoms with Crippen LogP contribution in [0.25, 0.3) is 11.0 Å². The number of imidazole rings is 1. The van der Waals surface area contributed by atoms with Gasteiger partial charge in [0.05, 0.1) is 16.9 Å². The lowest BCUT2D eigenvalue weighted by molar-refractivity contribution is 0.439. The van der Waals surface area contributed by atoms with Gasteiger partial charge in [0.25, 0.3) is 0 Å². The monoisotopic (exact) mass is 282 g/mol. The molecule has 1 atom stereocenters. The molecule has 0 saturated carbocycles. The van der Waals surface area contributed by atoms with Crippen molar-refractivity contribution in [3.8, 4) is 0 Å². The minimum Gasteiger partial charge on any atom is -0.324 e. The lowest BCUT2D eigenvalue weighted by atomic mass is 10.0. The van der Waals surface area contributed by atoms with Crippen LogP contribution in [-0.4, -0.2) is 9.55 Å². The first-order chi connectivity index (χ1) is 9.02. The molecule has 0 amide bonds. The number of nitrogens with zero attached hydrogens (tertiary/aromatic N) is 2. The summed E-state index contributed by atoms with van der Waals surface area (Å²) in [6.07, 6.45) is 2.18. The molecule has 19 heavy (non-hydrogen) atoms. The number of halogens is 2. The van der Waals surface area contributed by atoms with Gasteiger partial charge in [0, 0.05) is 6.04 Å². The molecule has 0 radical (unpaired) electrons. The Bertz CT molecular complexity index is 563. The number of hydrogen-bond donors (Lipinski definition) is 0. The van der Waals surface area contributed by atoms with E-state index in [4.69, 9.17) is 11.6 Å². The maximum Gasteiger partial charge on any atom is 0.125 e. The standard InChI is InChI=1S/C15H20ClFN2/c1-10(2)4-5-11(3)19-14-8-12(17)6-7-13(14)18-15(19)9-16/h6-8,10-11H,4-5,9H2,1-3H3. The third-order valence-electron chi connectivity index (χ3n) is 3.45. The Morgan fingerprint density at radius 1 is 1.26 bits per heavy atom. The molecule has 104 valence electrons. The number of aromatic nitrogens is 2. The van der Waals surface area contributed by atoms with Crippen LogP contribution in [0.1, 0.15) is 45.5 Å². The van der Waals surface area contributed by atoms with Crippen LogP contribution in [0.4, 0.5) is 4.39 Å². The predicted octanol–water partition coefficient (Wildman–Crippen LogP) is 4.91. The van der Waals surface area contributed by atoms with Gasteiger partial charge in [0.1, 0.15) is 11.6 Å². The van der Waals surface area contributed by atoms with Crippen LogP contribution >= 0.6 is 11.6 Å². The molecule has 0 aliphatic heterocycles. The zero-order chi connectivity index (χ0) is 14.0. The molecule has 0 aliphatic rings. The quantitative estimate of drug-likeness (QED) is 0.712. The zero-order valence-corrected chi connectivity index (χ0v) is 12.4. The fourth-order valence-corrected chi connectivity index (χ4v) is 2.59. The summed E-state index contributed by atoms with van der Waals surface area (Å²) in [6.45, 7) is 6.56. The van der Waals surface area contributed by atoms with Gasteiger partial charge in [-0.1, -0.05) is 13.8 Å². The number of benzene rings is 1. The lowest BCUT2D eigenvalue weighted by Crippen LogP contribution is -2.09. The van der Waals surface area contributed by atoms with Crippen LogP contribution < -0.4 is 0 Å². The number of alkyl halides is 1. The number of hydrogen-bond acceptors (Lipinski definition) is 1. The second-order valence-corrected chi connectivity index (χ2v) is 5.75. The number of fused-ring (bicyclic) bond motifs is 1. The lowest BCUT2D eigenvalue weighted by Gasteiger charge is -2.18. The predicted molar refractivity (Wildman–Crippen MR) is 78.0 cm³/mol. The van der Waals surface area contributed by atoms with Gasteiger partial charge >= 0.3 is 0 Å². The summed E-state index contributed by atoms with van der Waals surface area (Å²) < 4.78 is 15.5. The summed E-state index contributed by atoms with van der Waals surface area (Å²) in [4.78, 5) is 4.48. The van der Waals surface area contributed by atoms with Crippen molar-refractivity contribution in [2.45, 2.75) is 45.5 Å². The van der Waals surface area contributed by atoms with E-state index in [1.54, 1.807) is 12.1 Å². The van der Waals surface area contributed by atoms with Crippen molar-refractivity contribution in [3.63, 3.8) is 0 Å². The molecule has 2 aromatic rings. The average molecular weight is 283 g/mol. The highest BCUT2D eigenvalue weighted by molar-refractivity contribution is 6.16. The molecule has 1 aromatic carbocycles. The van der Waals surface area contributed by atoms with E-state index in [1.165, 1.54) is 6.07 Å². The SMILES string of the molecule is CC(C)CCC(C)n1c(CCl)nc2ccc(F)cc21. The summed E-state index contributed by atoms with van der Waals surface area (Å²) in [7, 11) is 0. The van der Waals surface area contributed by atoms with Crippen molar-refractivity contribution in [3.05, 3.63) is 29.8 Å². The van der Waals surface area contributed by atoms with Gasteiger partial charge in [-0.2, -0.15) is 0 Å². The summed E-state index contributed by atoms with van der Waals surface area (Å²) in [6, 6.07) is 4.98. The molecular weight excluding hydrogens is 263 g/mol. The highest BCUT2D eigenvalue weighted by atomic mass is 35.5. The highest BCUT2D eigenvalue weighted by Gasteiger charge is 2.16. The van der Waals surface area contributed by atoms with Crippen LogP contribution in [0.3, 0.4) is 0 Å². The van der Waals surface area contributed by atoms with E-state index in [0.717, 1.165) is 29.7 Å². The maximum atomic E-state index is 13.4. The third kappa shape index (κ3) is 3.08. The molecule has 0 spiro atoms. The van der Waals surface area contributed by atoms with E-state index in [9.17, 15) is 4.39 Å². The van der Waals surface area contributed by atoms with Gasteiger partial charge in [-0.05, 0) is 43.9 Å². The Kier molecular flexibility index (Phi) is 4.46. The van der Waals surface area contributed by atoms with Crippen LogP contribution in [0.5, 0.6) is 0 Å². The second-order valence-electron chi connectivity index (χ2n) is 5.48. The third-order valence-corrected chi connectivity index (χ3v) is 3.69. The Morgan fingerprint density at radius 3 is 2.63 bits per heavy atom. The molecular formula is C15H20ClFN2. The van der Waals surface area contributed by atoms with Gasteiger partial charge in [-0.25, -0.2) is 9.37 Å². The zero-order valence-electron chi connectivity index (χ0n) is 11.7. The van der Waals surface area contributed by atoms with E-state index in [1.807, 2.05) is 0 Å². The summed E-state index contributed by atoms with van der Waals surface area (Å²) in [5, 5.41) is 0. The fourth-order valence-electron chi connectivity index (χ4n) is 2.41. The van der Waals surface area contributed by atoms with Crippen LogP contribution in [0.2, 0.25) is 0 Å². The van der Waals surface area contributed by atoms with Crippen molar-refractivity contribution in [2.24, 2.45) is 5.92 Å². The Balaban J connectivity index is 2.41. The Labute approximate surface area is 118 Å². The summed E-state index contributed by atoms with van der Waals surface area (Å²) in [5.74, 6) is 1.60. The molecule has 0 aliphatic carbocycles. The van der Waals surface area contributed by atoms with Crippen LogP contribution in [-0.2, 0) is 5.88 Å². The minimum absolute atomic E-state index is 0.231. The van der Waals surface area contributed by atoms with E-state index in [-0.39, 0.29) is 11.9 Å². The van der Waals surface area contributed by atoms with E-state index >= 15 is 0 Å². The molecule has 4 heteroatoms. The summed E-state index contributed by atoms with van der Waals surface area (Å²) >= 11 is 5.97. The first-order valence-electron chi connectivity index (χ1n) is 6.75. The van der Waals surface area contributed by atoms with Gasteiger partial charge < -0.3 is 4.57 Å².